The molecule has 0 saturated carbocycles. The van der Waals surface area contributed by atoms with Gasteiger partial charge in [-0.2, -0.15) is 0 Å². The third kappa shape index (κ3) is 4.12. The first kappa shape index (κ1) is 19.8. The van der Waals surface area contributed by atoms with Crippen LogP contribution in [-0.2, 0) is 9.84 Å². The lowest BCUT2D eigenvalue weighted by Crippen LogP contribution is -2.32. The maximum absolute atomic E-state index is 13.3. The zero-order chi connectivity index (χ0) is 20.3. The normalized spacial score (nSPS) is 12.5. The molecule has 1 amide bonds. The molecule has 0 bridgehead atoms. The summed E-state index contributed by atoms with van der Waals surface area (Å²) in [6.07, 6.45) is 1.34. The van der Waals surface area contributed by atoms with Crippen molar-refractivity contribution >= 4 is 15.7 Å². The number of sulfone groups is 1. The van der Waals surface area contributed by atoms with Gasteiger partial charge in [-0.3, -0.25) is 4.79 Å². The molecular formula is C20H17F2NO4S. The van der Waals surface area contributed by atoms with Crippen LogP contribution in [0.3, 0.4) is 0 Å². The number of rotatable bonds is 6. The van der Waals surface area contributed by atoms with Gasteiger partial charge >= 0.3 is 0 Å². The zero-order valence-electron chi connectivity index (χ0n) is 14.9. The number of furan rings is 1. The van der Waals surface area contributed by atoms with E-state index in [4.69, 9.17) is 4.42 Å². The van der Waals surface area contributed by atoms with Crippen molar-refractivity contribution in [3.8, 4) is 0 Å². The molecule has 0 spiro atoms. The van der Waals surface area contributed by atoms with E-state index in [1.165, 1.54) is 24.5 Å². The van der Waals surface area contributed by atoms with E-state index >= 15 is 0 Å². The molecule has 0 aliphatic rings. The molecule has 1 N–H and O–H groups in total. The Hall–Kier alpha value is -3.00. The first-order valence-electron chi connectivity index (χ1n) is 8.36. The highest BCUT2D eigenvalue weighted by molar-refractivity contribution is 7.91. The molecule has 5 nitrogen and oxygen atoms in total. The predicted octanol–water partition coefficient (Wildman–Crippen LogP) is 3.81. The largest absolute Gasteiger partial charge is 0.468 e. The van der Waals surface area contributed by atoms with Crippen molar-refractivity contribution in [2.45, 2.75) is 17.1 Å². The molecule has 1 atom stereocenters. The average Bonchev–Trinajstić information content (AvgIpc) is 3.18. The minimum absolute atomic E-state index is 0.0848. The van der Waals surface area contributed by atoms with E-state index in [1.807, 2.05) is 6.92 Å². The minimum atomic E-state index is -3.88. The second-order valence-electron chi connectivity index (χ2n) is 6.20. The predicted molar refractivity (Wildman–Crippen MR) is 98.5 cm³/mol. The van der Waals surface area contributed by atoms with Crippen molar-refractivity contribution in [3.63, 3.8) is 0 Å². The van der Waals surface area contributed by atoms with E-state index in [-0.39, 0.29) is 22.8 Å². The molecule has 146 valence electrons. The van der Waals surface area contributed by atoms with Crippen molar-refractivity contribution in [1.29, 1.82) is 0 Å². The van der Waals surface area contributed by atoms with Gasteiger partial charge in [-0.05, 0) is 49.4 Å². The molecular weight excluding hydrogens is 388 g/mol. The van der Waals surface area contributed by atoms with Crippen LogP contribution in [0.5, 0.6) is 0 Å². The first-order valence-corrected chi connectivity index (χ1v) is 9.91. The number of halogens is 2. The monoisotopic (exact) mass is 405 g/mol. The summed E-state index contributed by atoms with van der Waals surface area (Å²) in [7, 11) is -3.88. The SMILES string of the molecule is Cc1ccc(S(=O)(=O)C(CNC(=O)c2ccc(F)c(F)c2)c2ccco2)cc1. The summed E-state index contributed by atoms with van der Waals surface area (Å²) in [5.74, 6) is -2.81. The van der Waals surface area contributed by atoms with Gasteiger partial charge in [0.15, 0.2) is 21.5 Å². The number of amides is 1. The standard InChI is InChI=1S/C20H17F2NO4S/c1-13-4-7-15(8-5-13)28(25,26)19(18-3-2-10-27-18)12-23-20(24)14-6-9-16(21)17(22)11-14/h2-11,19H,12H2,1H3,(H,23,24). The molecule has 0 fully saturated rings. The lowest BCUT2D eigenvalue weighted by Gasteiger charge is -2.17. The highest BCUT2D eigenvalue weighted by Crippen LogP contribution is 2.29. The van der Waals surface area contributed by atoms with Crippen molar-refractivity contribution in [3.05, 3.63) is 89.4 Å². The smallest absolute Gasteiger partial charge is 0.251 e. The Balaban J connectivity index is 1.86. The van der Waals surface area contributed by atoms with E-state index in [0.29, 0.717) is 0 Å². The Bertz CT molecular complexity index is 1080. The van der Waals surface area contributed by atoms with Crippen molar-refractivity contribution in [1.82, 2.24) is 5.32 Å². The number of benzene rings is 2. The van der Waals surface area contributed by atoms with Gasteiger partial charge in [0.25, 0.3) is 5.91 Å². The fourth-order valence-electron chi connectivity index (χ4n) is 2.65. The Labute approximate surface area is 160 Å². The Morgan fingerprint density at radius 1 is 1.07 bits per heavy atom. The average molecular weight is 405 g/mol. The van der Waals surface area contributed by atoms with Crippen LogP contribution in [0.2, 0.25) is 0 Å². The Morgan fingerprint density at radius 3 is 2.39 bits per heavy atom. The number of nitrogens with one attached hydrogen (secondary N) is 1. The van der Waals surface area contributed by atoms with Crippen LogP contribution in [0.25, 0.3) is 0 Å². The first-order chi connectivity index (χ1) is 13.3. The van der Waals surface area contributed by atoms with Gasteiger partial charge in [0.05, 0.1) is 11.2 Å². The molecule has 1 unspecified atom stereocenters. The van der Waals surface area contributed by atoms with Gasteiger partial charge < -0.3 is 9.73 Å². The minimum Gasteiger partial charge on any atom is -0.468 e. The van der Waals surface area contributed by atoms with Gasteiger partial charge in [0, 0.05) is 12.1 Å². The van der Waals surface area contributed by atoms with Crippen molar-refractivity contribution < 1.29 is 26.4 Å². The van der Waals surface area contributed by atoms with E-state index in [0.717, 1.165) is 23.8 Å². The molecule has 1 heterocycles. The van der Waals surface area contributed by atoms with Crippen LogP contribution in [0.4, 0.5) is 8.78 Å². The highest BCUT2D eigenvalue weighted by atomic mass is 32.2. The van der Waals surface area contributed by atoms with Gasteiger partial charge in [0.1, 0.15) is 11.0 Å². The summed E-state index contributed by atoms with van der Waals surface area (Å²) in [4.78, 5) is 12.3. The quantitative estimate of drug-likeness (QED) is 0.677. The van der Waals surface area contributed by atoms with Crippen LogP contribution < -0.4 is 5.32 Å². The maximum atomic E-state index is 13.3. The summed E-state index contributed by atoms with van der Waals surface area (Å²) in [5, 5.41) is 1.27. The fourth-order valence-corrected chi connectivity index (χ4v) is 4.24. The molecule has 0 aliphatic carbocycles. The lowest BCUT2D eigenvalue weighted by molar-refractivity contribution is 0.0952. The third-order valence-corrected chi connectivity index (χ3v) is 6.29. The van der Waals surface area contributed by atoms with E-state index in [9.17, 15) is 22.0 Å². The number of carbonyl (C=O) groups is 1. The molecule has 1 aromatic heterocycles. The summed E-state index contributed by atoms with van der Waals surface area (Å²) in [6.45, 7) is 1.53. The molecule has 28 heavy (non-hydrogen) atoms. The van der Waals surface area contributed by atoms with Gasteiger partial charge in [-0.15, -0.1) is 0 Å². The van der Waals surface area contributed by atoms with Crippen LogP contribution in [0.1, 0.15) is 26.9 Å². The Kier molecular flexibility index (Phi) is 5.60. The van der Waals surface area contributed by atoms with Gasteiger partial charge in [-0.25, -0.2) is 17.2 Å². The summed E-state index contributed by atoms with van der Waals surface area (Å²) >= 11 is 0. The number of hydrogen-bond donors (Lipinski definition) is 1. The van der Waals surface area contributed by atoms with Crippen LogP contribution in [-0.4, -0.2) is 20.9 Å². The topological polar surface area (TPSA) is 76.4 Å². The number of hydrogen-bond acceptors (Lipinski definition) is 4. The molecule has 3 rings (SSSR count). The number of aryl methyl sites for hydroxylation is 1. The molecule has 8 heteroatoms. The molecule has 0 saturated heterocycles. The second-order valence-corrected chi connectivity index (χ2v) is 8.33. The second kappa shape index (κ2) is 7.93. The molecule has 3 aromatic rings. The highest BCUT2D eigenvalue weighted by Gasteiger charge is 2.32. The summed E-state index contributed by atoms with van der Waals surface area (Å²) in [6, 6.07) is 12.1. The van der Waals surface area contributed by atoms with E-state index < -0.39 is 32.6 Å². The fraction of sp³-hybridized carbons (Fsp3) is 0.150. The van der Waals surface area contributed by atoms with Gasteiger partial charge in [0.2, 0.25) is 0 Å². The third-order valence-electron chi connectivity index (χ3n) is 4.21. The molecule has 0 aliphatic heterocycles. The zero-order valence-corrected chi connectivity index (χ0v) is 15.7. The summed E-state index contributed by atoms with van der Waals surface area (Å²) in [5.41, 5.74) is 0.782. The van der Waals surface area contributed by atoms with E-state index in [1.54, 1.807) is 18.2 Å². The van der Waals surface area contributed by atoms with E-state index in [2.05, 4.69) is 5.32 Å². The van der Waals surface area contributed by atoms with Crippen LogP contribution in [0, 0.1) is 18.6 Å². The van der Waals surface area contributed by atoms with Gasteiger partial charge in [-0.1, -0.05) is 17.7 Å². The molecule has 2 aromatic carbocycles. The lowest BCUT2D eigenvalue weighted by atomic mass is 10.2. The Morgan fingerprint density at radius 2 is 1.79 bits per heavy atom. The number of carbonyl (C=O) groups excluding carboxylic acids is 1. The molecule has 0 radical (unpaired) electrons. The summed E-state index contributed by atoms with van der Waals surface area (Å²) < 4.78 is 57.8. The van der Waals surface area contributed by atoms with Crippen molar-refractivity contribution in [2.24, 2.45) is 0 Å². The van der Waals surface area contributed by atoms with Crippen LogP contribution >= 0.6 is 0 Å². The van der Waals surface area contributed by atoms with Crippen LogP contribution in [0.15, 0.2) is 70.2 Å². The van der Waals surface area contributed by atoms with Crippen molar-refractivity contribution in [2.75, 3.05) is 6.54 Å². The maximum Gasteiger partial charge on any atom is 0.251 e.